The molecular weight excluding hydrogens is 853 g/mol. The zero-order valence-electron chi connectivity index (χ0n) is 23.4. The monoisotopic (exact) mass is 878 g/mol. The zero-order chi connectivity index (χ0) is 31.8. The molecule has 0 radical (unpaired) electrons. The van der Waals surface area contributed by atoms with Gasteiger partial charge in [0.15, 0.2) is 11.7 Å². The van der Waals surface area contributed by atoms with E-state index in [0.717, 1.165) is 24.0 Å². The average Bonchev–Trinajstić information content (AvgIpc) is 2.97. The number of para-hydroxylation sites is 1. The number of carbonyl (C=O) groups is 2. The average molecular weight is 879 g/mol. The van der Waals surface area contributed by atoms with Gasteiger partial charge >= 0.3 is 5.97 Å². The van der Waals surface area contributed by atoms with Gasteiger partial charge in [-0.05, 0) is 113 Å². The number of ether oxygens (including phenoxy) is 3. The molecule has 0 bridgehead atoms. The Labute approximate surface area is 297 Å². The van der Waals surface area contributed by atoms with Crippen LogP contribution in [0.2, 0.25) is 10.0 Å². The highest BCUT2D eigenvalue weighted by Crippen LogP contribution is 2.34. The Hall–Kier alpha value is -2.66. The summed E-state index contributed by atoms with van der Waals surface area (Å²) >= 11 is 21.8. The van der Waals surface area contributed by atoms with Crippen molar-refractivity contribution < 1.29 is 23.8 Å². The van der Waals surface area contributed by atoms with E-state index >= 15 is 0 Å². The van der Waals surface area contributed by atoms with Crippen molar-refractivity contribution in [2.45, 2.75) is 26.5 Å². The van der Waals surface area contributed by atoms with Crippen molar-refractivity contribution in [2.24, 2.45) is 5.10 Å². The summed E-state index contributed by atoms with van der Waals surface area (Å²) in [6, 6.07) is 15.6. The van der Waals surface area contributed by atoms with Crippen LogP contribution >= 0.6 is 80.6 Å². The van der Waals surface area contributed by atoms with Crippen LogP contribution in [0.1, 0.15) is 36.6 Å². The maximum absolute atomic E-state index is 12.7. The maximum Gasteiger partial charge on any atom is 0.338 e. The quantitative estimate of drug-likeness (QED) is 0.0646. The first-order valence-corrected chi connectivity index (χ1v) is 16.4. The number of hydrogen-bond acceptors (Lipinski definition) is 7. The van der Waals surface area contributed by atoms with E-state index in [4.69, 9.17) is 49.6 Å². The van der Waals surface area contributed by atoms with E-state index in [1.165, 1.54) is 6.21 Å². The normalized spacial score (nSPS) is 14.6. The molecule has 0 spiro atoms. The molecule has 0 aromatic heterocycles. The standard InChI is InChI=1S/C30H26Cl2I2N4O5S/c1-3-41-29(40)26-16(2)36-30(44)37-27(26)19-6-4-5-7-24(19)42-15-25(39)38-35-13-18-11-22(33)28(23(34)12-18)43-14-17-8-9-20(31)21(32)10-17/h4-13,27H,3,14-15H2,1-2H3,(H,38,39)(H2,36,37,44)/t27-/m1/s1. The van der Waals surface area contributed by atoms with E-state index in [1.54, 1.807) is 44.2 Å². The molecule has 230 valence electrons. The van der Waals surface area contributed by atoms with Gasteiger partial charge < -0.3 is 24.8 Å². The number of esters is 1. The van der Waals surface area contributed by atoms with E-state index < -0.39 is 17.9 Å². The van der Waals surface area contributed by atoms with Crippen LogP contribution in [-0.2, 0) is 20.9 Å². The fraction of sp³-hybridized carbons (Fsp3) is 0.200. The summed E-state index contributed by atoms with van der Waals surface area (Å²) in [5, 5.41) is 11.5. The Morgan fingerprint density at radius 2 is 1.80 bits per heavy atom. The van der Waals surface area contributed by atoms with Crippen LogP contribution in [0.25, 0.3) is 0 Å². The molecule has 0 saturated heterocycles. The largest absolute Gasteiger partial charge is 0.487 e. The van der Waals surface area contributed by atoms with Crippen LogP contribution < -0.4 is 25.5 Å². The van der Waals surface area contributed by atoms with Crippen LogP contribution in [0, 0.1) is 7.14 Å². The van der Waals surface area contributed by atoms with Crippen LogP contribution in [0.3, 0.4) is 0 Å². The lowest BCUT2D eigenvalue weighted by molar-refractivity contribution is -0.139. The molecule has 1 atom stereocenters. The maximum atomic E-state index is 12.7. The Morgan fingerprint density at radius 3 is 2.50 bits per heavy atom. The van der Waals surface area contributed by atoms with E-state index in [2.05, 4.69) is 66.3 Å². The second kappa shape index (κ2) is 16.1. The molecule has 4 rings (SSSR count). The van der Waals surface area contributed by atoms with Crippen molar-refractivity contribution in [3.63, 3.8) is 0 Å². The van der Waals surface area contributed by atoms with Crippen molar-refractivity contribution in [1.82, 2.24) is 16.1 Å². The van der Waals surface area contributed by atoms with Gasteiger partial charge in [0, 0.05) is 11.3 Å². The Balaban J connectivity index is 1.37. The molecule has 14 heteroatoms. The van der Waals surface area contributed by atoms with Crippen molar-refractivity contribution in [1.29, 1.82) is 0 Å². The van der Waals surface area contributed by atoms with E-state index in [-0.39, 0.29) is 13.2 Å². The fourth-order valence-corrected chi connectivity index (χ4v) is 6.91. The summed E-state index contributed by atoms with van der Waals surface area (Å²) in [5.41, 5.74) is 5.73. The molecular formula is C30H26Cl2I2N4O5S. The summed E-state index contributed by atoms with van der Waals surface area (Å²) in [5.74, 6) is 0.192. The molecule has 1 amide bonds. The van der Waals surface area contributed by atoms with Gasteiger partial charge in [-0.25, -0.2) is 10.2 Å². The minimum atomic E-state index is -0.624. The number of rotatable bonds is 11. The first kappa shape index (κ1) is 34.2. The van der Waals surface area contributed by atoms with Gasteiger partial charge in [0.2, 0.25) is 0 Å². The van der Waals surface area contributed by atoms with Gasteiger partial charge in [0.1, 0.15) is 18.1 Å². The van der Waals surface area contributed by atoms with Gasteiger partial charge in [-0.1, -0.05) is 47.5 Å². The number of carbonyl (C=O) groups excluding carboxylic acids is 2. The molecule has 0 unspecified atom stereocenters. The Morgan fingerprint density at radius 1 is 1.07 bits per heavy atom. The molecule has 0 aliphatic carbocycles. The number of thiocarbonyl (C=S) groups is 1. The minimum absolute atomic E-state index is 0.224. The summed E-state index contributed by atoms with van der Waals surface area (Å²) < 4.78 is 18.9. The van der Waals surface area contributed by atoms with Gasteiger partial charge in [0.25, 0.3) is 5.91 Å². The molecule has 1 aliphatic heterocycles. The van der Waals surface area contributed by atoms with Crippen molar-refractivity contribution in [2.75, 3.05) is 13.2 Å². The first-order chi connectivity index (χ1) is 21.1. The molecule has 3 N–H and O–H groups in total. The smallest absolute Gasteiger partial charge is 0.338 e. The lowest BCUT2D eigenvalue weighted by Crippen LogP contribution is -2.45. The van der Waals surface area contributed by atoms with Crippen LogP contribution in [0.15, 0.2) is 71.0 Å². The predicted octanol–water partition coefficient (Wildman–Crippen LogP) is 6.67. The van der Waals surface area contributed by atoms with Gasteiger partial charge in [-0.2, -0.15) is 5.10 Å². The van der Waals surface area contributed by atoms with Gasteiger partial charge in [-0.15, -0.1) is 0 Å². The number of allylic oxidation sites excluding steroid dienone is 1. The molecule has 3 aromatic rings. The van der Waals surface area contributed by atoms with Gasteiger partial charge in [-0.3, -0.25) is 4.79 Å². The van der Waals surface area contributed by atoms with E-state index in [0.29, 0.717) is 44.3 Å². The van der Waals surface area contributed by atoms with E-state index in [1.807, 2.05) is 24.3 Å². The highest BCUT2D eigenvalue weighted by molar-refractivity contribution is 14.1. The highest BCUT2D eigenvalue weighted by Gasteiger charge is 2.32. The summed E-state index contributed by atoms with van der Waals surface area (Å²) in [4.78, 5) is 25.3. The number of hydrazone groups is 1. The lowest BCUT2D eigenvalue weighted by atomic mass is 9.95. The summed E-state index contributed by atoms with van der Waals surface area (Å²) in [6.45, 7) is 3.74. The van der Waals surface area contributed by atoms with Crippen molar-refractivity contribution >= 4 is 104 Å². The second-order valence-corrected chi connectivity index (χ2v) is 12.8. The molecule has 9 nitrogen and oxygen atoms in total. The molecule has 0 saturated carbocycles. The third-order valence-corrected chi connectivity index (χ3v) is 8.71. The molecule has 3 aromatic carbocycles. The van der Waals surface area contributed by atoms with Crippen LogP contribution in [-0.4, -0.2) is 36.4 Å². The number of benzene rings is 3. The highest BCUT2D eigenvalue weighted by atomic mass is 127. The lowest BCUT2D eigenvalue weighted by Gasteiger charge is -2.30. The summed E-state index contributed by atoms with van der Waals surface area (Å²) in [7, 11) is 0. The minimum Gasteiger partial charge on any atom is -0.487 e. The topological polar surface area (TPSA) is 110 Å². The van der Waals surface area contributed by atoms with Crippen molar-refractivity contribution in [3.05, 3.63) is 99.7 Å². The zero-order valence-corrected chi connectivity index (χ0v) is 30.0. The molecule has 0 fully saturated rings. The van der Waals surface area contributed by atoms with Crippen LogP contribution in [0.4, 0.5) is 0 Å². The molecule has 1 heterocycles. The number of hydrogen-bond donors (Lipinski definition) is 3. The third kappa shape index (κ3) is 8.96. The fourth-order valence-electron chi connectivity index (χ4n) is 4.19. The Kier molecular flexibility index (Phi) is 12.5. The SMILES string of the molecule is CCOC(=O)C1=C(C)NC(=S)N[C@@H]1c1ccccc1OCC(=O)NN=Cc1cc(I)c(OCc2ccc(Cl)c(Cl)c2)c(I)c1. The third-order valence-electron chi connectivity index (χ3n) is 6.14. The first-order valence-electron chi connectivity index (χ1n) is 13.1. The number of nitrogens with zero attached hydrogens (tertiary/aromatic N) is 1. The number of amides is 1. The molecule has 1 aliphatic rings. The molecule has 44 heavy (non-hydrogen) atoms. The van der Waals surface area contributed by atoms with Gasteiger partial charge in [0.05, 0.1) is 41.6 Å². The Bertz CT molecular complexity index is 1630. The van der Waals surface area contributed by atoms with E-state index in [9.17, 15) is 9.59 Å². The number of nitrogens with one attached hydrogen (secondary N) is 3. The second-order valence-electron chi connectivity index (χ2n) is 9.26. The van der Waals surface area contributed by atoms with Crippen molar-refractivity contribution in [3.8, 4) is 11.5 Å². The summed E-state index contributed by atoms with van der Waals surface area (Å²) in [6.07, 6.45) is 1.54. The predicted molar refractivity (Wildman–Crippen MR) is 191 cm³/mol. The number of halogens is 4. The van der Waals surface area contributed by atoms with Crippen LogP contribution in [0.5, 0.6) is 11.5 Å².